The lowest BCUT2D eigenvalue weighted by atomic mass is 9.99. The minimum atomic E-state index is -3.20. The van der Waals surface area contributed by atoms with Gasteiger partial charge < -0.3 is 10.1 Å². The van der Waals surface area contributed by atoms with Crippen LogP contribution in [0.1, 0.15) is 26.2 Å². The van der Waals surface area contributed by atoms with Gasteiger partial charge >= 0.3 is 0 Å². The Morgan fingerprint density at radius 2 is 2.24 bits per heavy atom. The second-order valence-corrected chi connectivity index (χ2v) is 7.03. The van der Waals surface area contributed by atoms with E-state index >= 15 is 0 Å². The van der Waals surface area contributed by atoms with E-state index in [0.717, 1.165) is 32.4 Å². The number of nitrogens with one attached hydrogen (secondary N) is 2. The number of ether oxygens (including phenoxy) is 1. The molecule has 0 radical (unpaired) electrons. The molecule has 3 atom stereocenters. The van der Waals surface area contributed by atoms with E-state index < -0.39 is 10.0 Å². The molecular formula is C11H22N2O3S. The van der Waals surface area contributed by atoms with Gasteiger partial charge in [-0.05, 0) is 31.7 Å². The van der Waals surface area contributed by atoms with Gasteiger partial charge in [-0.25, -0.2) is 13.1 Å². The Morgan fingerprint density at radius 3 is 2.88 bits per heavy atom. The molecule has 2 N–H and O–H groups in total. The number of sulfonamides is 1. The smallest absolute Gasteiger partial charge is 0.214 e. The largest absolute Gasteiger partial charge is 0.377 e. The normalized spacial score (nSPS) is 35.0. The lowest BCUT2D eigenvalue weighted by Crippen LogP contribution is -2.49. The van der Waals surface area contributed by atoms with Gasteiger partial charge in [-0.3, -0.25) is 0 Å². The van der Waals surface area contributed by atoms with Crippen molar-refractivity contribution in [2.24, 2.45) is 5.92 Å². The maximum atomic E-state index is 11.9. The van der Waals surface area contributed by atoms with Crippen LogP contribution in [-0.4, -0.2) is 46.0 Å². The zero-order valence-electron chi connectivity index (χ0n) is 10.3. The summed E-state index contributed by atoms with van der Waals surface area (Å²) < 4.78 is 32.0. The Morgan fingerprint density at radius 1 is 1.41 bits per heavy atom. The molecule has 5 nitrogen and oxygen atoms in total. The molecule has 17 heavy (non-hydrogen) atoms. The van der Waals surface area contributed by atoms with Crippen molar-refractivity contribution in [1.29, 1.82) is 0 Å². The van der Waals surface area contributed by atoms with Crippen molar-refractivity contribution in [3.05, 3.63) is 0 Å². The zero-order valence-corrected chi connectivity index (χ0v) is 11.1. The summed E-state index contributed by atoms with van der Waals surface area (Å²) in [5.74, 6) is 0.636. The molecule has 0 aromatic rings. The predicted molar refractivity (Wildman–Crippen MR) is 66.3 cm³/mol. The monoisotopic (exact) mass is 262 g/mol. The first kappa shape index (κ1) is 13.3. The van der Waals surface area contributed by atoms with E-state index in [4.69, 9.17) is 4.74 Å². The molecule has 3 unspecified atom stereocenters. The first-order valence-electron chi connectivity index (χ1n) is 6.37. The number of hydrogen-bond donors (Lipinski definition) is 2. The highest BCUT2D eigenvalue weighted by Crippen LogP contribution is 2.15. The molecule has 0 saturated carbocycles. The number of piperidine rings is 1. The van der Waals surface area contributed by atoms with Crippen molar-refractivity contribution >= 4 is 10.0 Å². The molecular weight excluding hydrogens is 240 g/mol. The topological polar surface area (TPSA) is 67.4 Å². The third-order valence-electron chi connectivity index (χ3n) is 3.35. The fourth-order valence-corrected chi connectivity index (χ4v) is 4.10. The highest BCUT2D eigenvalue weighted by atomic mass is 32.2. The van der Waals surface area contributed by atoms with Gasteiger partial charge in [0.2, 0.25) is 10.0 Å². The number of rotatable bonds is 4. The minimum absolute atomic E-state index is 0.0325. The summed E-state index contributed by atoms with van der Waals surface area (Å²) in [4.78, 5) is 0. The van der Waals surface area contributed by atoms with Crippen LogP contribution in [0.4, 0.5) is 0 Å². The third-order valence-corrected chi connectivity index (χ3v) is 4.85. The van der Waals surface area contributed by atoms with Crippen LogP contribution >= 0.6 is 0 Å². The summed E-state index contributed by atoms with van der Waals surface area (Å²) in [5.41, 5.74) is 0. The average molecular weight is 262 g/mol. The van der Waals surface area contributed by atoms with E-state index in [1.54, 1.807) is 0 Å². The maximum absolute atomic E-state index is 11.9. The van der Waals surface area contributed by atoms with Crippen molar-refractivity contribution in [3.63, 3.8) is 0 Å². The molecule has 2 aliphatic rings. The van der Waals surface area contributed by atoms with Gasteiger partial charge in [0.05, 0.1) is 11.9 Å². The van der Waals surface area contributed by atoms with E-state index in [-0.39, 0.29) is 17.9 Å². The van der Waals surface area contributed by atoms with Crippen LogP contribution in [0.3, 0.4) is 0 Å². The summed E-state index contributed by atoms with van der Waals surface area (Å²) in [6.45, 7) is 4.54. The maximum Gasteiger partial charge on any atom is 0.214 e. The van der Waals surface area contributed by atoms with Gasteiger partial charge in [-0.2, -0.15) is 0 Å². The molecule has 6 heteroatoms. The van der Waals surface area contributed by atoms with Gasteiger partial charge in [0.25, 0.3) is 0 Å². The Hall–Kier alpha value is -0.170. The highest BCUT2D eigenvalue weighted by molar-refractivity contribution is 7.89. The molecule has 0 bridgehead atoms. The quantitative estimate of drug-likeness (QED) is 0.753. The van der Waals surface area contributed by atoms with Gasteiger partial charge in [0.15, 0.2) is 0 Å². The second kappa shape index (κ2) is 5.65. The first-order valence-corrected chi connectivity index (χ1v) is 8.03. The molecule has 0 spiro atoms. The van der Waals surface area contributed by atoms with Gasteiger partial charge in [0, 0.05) is 19.2 Å². The first-order chi connectivity index (χ1) is 8.05. The fraction of sp³-hybridized carbons (Fsp3) is 1.00. The second-order valence-electron chi connectivity index (χ2n) is 5.23. The Balaban J connectivity index is 1.83. The highest BCUT2D eigenvalue weighted by Gasteiger charge is 2.27. The van der Waals surface area contributed by atoms with Crippen LogP contribution in [0.5, 0.6) is 0 Å². The van der Waals surface area contributed by atoms with Crippen LogP contribution in [-0.2, 0) is 14.8 Å². The molecule has 0 aromatic heterocycles. The summed E-state index contributed by atoms with van der Waals surface area (Å²) >= 11 is 0. The standard InChI is InChI=1S/C11H22N2O3S/c1-9-5-10(7-12-6-9)13-17(14,15)8-11-3-2-4-16-11/h9-13H,2-8H2,1H3. The lowest BCUT2D eigenvalue weighted by Gasteiger charge is -2.28. The van der Waals surface area contributed by atoms with Crippen LogP contribution in [0.2, 0.25) is 0 Å². The van der Waals surface area contributed by atoms with Crippen molar-refractivity contribution < 1.29 is 13.2 Å². The SMILES string of the molecule is CC1CNCC(NS(=O)(=O)CC2CCCO2)C1. The van der Waals surface area contributed by atoms with Crippen molar-refractivity contribution in [3.8, 4) is 0 Å². The lowest BCUT2D eigenvalue weighted by molar-refractivity contribution is 0.127. The Bertz CT molecular complexity index is 339. The van der Waals surface area contributed by atoms with Crippen molar-refractivity contribution in [1.82, 2.24) is 10.0 Å². The predicted octanol–water partition coefficient (Wildman–Crippen LogP) is 0.0828. The molecule has 2 aliphatic heterocycles. The Labute approximate surface area is 103 Å². The summed E-state index contributed by atoms with van der Waals surface area (Å²) in [5, 5.41) is 3.24. The summed E-state index contributed by atoms with van der Waals surface area (Å²) in [6.07, 6.45) is 2.64. The third kappa shape index (κ3) is 4.21. The van der Waals surface area contributed by atoms with Crippen LogP contribution in [0.15, 0.2) is 0 Å². The summed E-state index contributed by atoms with van der Waals surface area (Å²) in [7, 11) is -3.20. The van der Waals surface area contributed by atoms with Crippen LogP contribution < -0.4 is 10.0 Å². The van der Waals surface area contributed by atoms with E-state index in [2.05, 4.69) is 17.0 Å². The van der Waals surface area contributed by atoms with Crippen molar-refractivity contribution in [2.45, 2.75) is 38.3 Å². The fourth-order valence-electron chi connectivity index (χ4n) is 2.57. The Kier molecular flexibility index (Phi) is 4.41. The van der Waals surface area contributed by atoms with E-state index in [0.29, 0.717) is 12.5 Å². The molecule has 0 aromatic carbocycles. The van der Waals surface area contributed by atoms with Gasteiger partial charge in [0.1, 0.15) is 0 Å². The molecule has 2 heterocycles. The van der Waals surface area contributed by atoms with E-state index in [9.17, 15) is 8.42 Å². The molecule has 2 fully saturated rings. The summed E-state index contributed by atoms with van der Waals surface area (Å²) in [6, 6.07) is 0.0325. The van der Waals surface area contributed by atoms with Gasteiger partial charge in [-0.15, -0.1) is 0 Å². The van der Waals surface area contributed by atoms with E-state index in [1.807, 2.05) is 0 Å². The minimum Gasteiger partial charge on any atom is -0.377 e. The molecule has 2 rings (SSSR count). The zero-order chi connectivity index (χ0) is 12.3. The van der Waals surface area contributed by atoms with E-state index in [1.165, 1.54) is 0 Å². The molecule has 100 valence electrons. The van der Waals surface area contributed by atoms with Crippen LogP contribution in [0, 0.1) is 5.92 Å². The van der Waals surface area contributed by atoms with Gasteiger partial charge in [-0.1, -0.05) is 6.92 Å². The average Bonchev–Trinajstić information content (AvgIpc) is 2.68. The molecule has 0 aliphatic carbocycles. The van der Waals surface area contributed by atoms with Crippen LogP contribution in [0.25, 0.3) is 0 Å². The van der Waals surface area contributed by atoms with Crippen molar-refractivity contribution in [2.75, 3.05) is 25.4 Å². The number of hydrogen-bond acceptors (Lipinski definition) is 4. The molecule has 0 amide bonds. The molecule has 2 saturated heterocycles.